The van der Waals surface area contributed by atoms with Crippen molar-refractivity contribution >= 4 is 17.1 Å². The first-order valence-electron chi connectivity index (χ1n) is 9.20. The van der Waals surface area contributed by atoms with Crippen molar-refractivity contribution in [2.45, 2.75) is 64.4 Å². The van der Waals surface area contributed by atoms with Crippen molar-refractivity contribution in [2.75, 3.05) is 0 Å². The first-order valence-corrected chi connectivity index (χ1v) is 9.20. The van der Waals surface area contributed by atoms with E-state index in [1.807, 2.05) is 6.92 Å². The van der Waals surface area contributed by atoms with Crippen molar-refractivity contribution < 1.29 is 14.1 Å². The van der Waals surface area contributed by atoms with E-state index in [0.717, 1.165) is 42.2 Å². The van der Waals surface area contributed by atoms with Gasteiger partial charge in [-0.25, -0.2) is 9.78 Å². The summed E-state index contributed by atoms with van der Waals surface area (Å²) in [6, 6.07) is 1.80. The Morgan fingerprint density at radius 2 is 2.08 bits per heavy atom. The molecule has 2 aromatic rings. The second-order valence-corrected chi connectivity index (χ2v) is 7.20. The van der Waals surface area contributed by atoms with Gasteiger partial charge in [0.05, 0.1) is 16.6 Å². The summed E-state index contributed by atoms with van der Waals surface area (Å²) in [5.74, 6) is 1.33. The van der Waals surface area contributed by atoms with Crippen LogP contribution < -0.4 is 0 Å². The molecule has 0 bridgehead atoms. The summed E-state index contributed by atoms with van der Waals surface area (Å²) < 4.78 is 11.0. The lowest BCUT2D eigenvalue weighted by Gasteiger charge is -2.38. The highest BCUT2D eigenvalue weighted by atomic mass is 16.5. The van der Waals surface area contributed by atoms with E-state index in [-0.39, 0.29) is 12.1 Å². The number of aryl methyl sites for hydroxylation is 1. The molecule has 2 fully saturated rings. The van der Waals surface area contributed by atoms with Crippen LogP contribution in [0.3, 0.4) is 0 Å². The molecule has 0 N–H and O–H groups in total. The van der Waals surface area contributed by atoms with Gasteiger partial charge in [0.25, 0.3) is 5.71 Å². The molecule has 128 valence electrons. The summed E-state index contributed by atoms with van der Waals surface area (Å²) in [6.07, 6.45) is 10.9. The Hall–Kier alpha value is -1.91. The average Bonchev–Trinajstić information content (AvgIpc) is 3.04. The summed E-state index contributed by atoms with van der Waals surface area (Å²) in [5, 5.41) is 4.79. The number of hydrogen-bond donors (Lipinski definition) is 0. The van der Waals surface area contributed by atoms with Gasteiger partial charge in [0.2, 0.25) is 0 Å². The fourth-order valence-corrected chi connectivity index (χ4v) is 4.40. The van der Waals surface area contributed by atoms with Gasteiger partial charge in [0, 0.05) is 6.20 Å². The first kappa shape index (κ1) is 15.6. The molecule has 3 atom stereocenters. The molecule has 2 aromatic heterocycles. The third-order valence-corrected chi connectivity index (χ3v) is 5.74. The van der Waals surface area contributed by atoms with Gasteiger partial charge in [-0.2, -0.15) is 0 Å². The number of ether oxygens (including phenoxy) is 1. The van der Waals surface area contributed by atoms with Crippen LogP contribution in [0.15, 0.2) is 16.8 Å². The Morgan fingerprint density at radius 3 is 2.92 bits per heavy atom. The molecular weight excluding hydrogens is 304 g/mol. The number of fused-ring (bicyclic) bond motifs is 2. The van der Waals surface area contributed by atoms with Crippen LogP contribution in [0, 0.1) is 11.8 Å². The number of pyridine rings is 1. The summed E-state index contributed by atoms with van der Waals surface area (Å²) in [7, 11) is 0. The van der Waals surface area contributed by atoms with E-state index in [9.17, 15) is 4.79 Å². The molecule has 2 saturated carbocycles. The van der Waals surface area contributed by atoms with Crippen molar-refractivity contribution in [3.05, 3.63) is 23.5 Å². The van der Waals surface area contributed by atoms with Gasteiger partial charge in [-0.05, 0) is 43.6 Å². The highest BCUT2D eigenvalue weighted by Gasteiger charge is 2.33. The number of aromatic nitrogens is 2. The minimum absolute atomic E-state index is 0.0562. The Balaban J connectivity index is 1.46. The van der Waals surface area contributed by atoms with E-state index in [2.05, 4.69) is 10.1 Å². The van der Waals surface area contributed by atoms with Gasteiger partial charge < -0.3 is 9.26 Å². The maximum Gasteiger partial charge on any atom is 0.340 e. The van der Waals surface area contributed by atoms with Crippen LogP contribution in [0.2, 0.25) is 0 Å². The summed E-state index contributed by atoms with van der Waals surface area (Å²) in [4.78, 5) is 16.7. The fourth-order valence-electron chi connectivity index (χ4n) is 4.40. The summed E-state index contributed by atoms with van der Waals surface area (Å²) in [5.41, 5.74) is 1.80. The van der Waals surface area contributed by atoms with E-state index in [1.165, 1.54) is 38.3 Å². The van der Waals surface area contributed by atoms with E-state index in [0.29, 0.717) is 11.3 Å². The van der Waals surface area contributed by atoms with E-state index >= 15 is 0 Å². The first-order chi connectivity index (χ1) is 11.7. The molecule has 5 nitrogen and oxygen atoms in total. The number of hydrogen-bond acceptors (Lipinski definition) is 5. The second kappa shape index (κ2) is 6.54. The number of carbonyl (C=O) groups excluding carboxylic acids is 1. The summed E-state index contributed by atoms with van der Waals surface area (Å²) in [6.45, 7) is 2.00. The third-order valence-electron chi connectivity index (χ3n) is 5.74. The predicted octanol–water partition coefficient (Wildman–Crippen LogP) is 4.30. The molecule has 2 aliphatic rings. The van der Waals surface area contributed by atoms with Crippen molar-refractivity contribution in [2.24, 2.45) is 11.8 Å². The maximum absolute atomic E-state index is 12.5. The molecule has 0 radical (unpaired) electrons. The lowest BCUT2D eigenvalue weighted by Crippen LogP contribution is -2.33. The zero-order valence-corrected chi connectivity index (χ0v) is 14.2. The minimum Gasteiger partial charge on any atom is -0.459 e. The lowest BCUT2D eigenvalue weighted by atomic mass is 9.70. The maximum atomic E-state index is 12.5. The molecule has 0 amide bonds. The Bertz CT molecular complexity index is 739. The standard InChI is InChI=1S/C19H24N2O3/c1-2-17-16-10-14(11-20-18(16)24-21-17)19(22)23-15-8-7-12-5-3-4-6-13(12)9-15/h10-13,15H,2-9H2,1H3/t12-,13-,15-/m1/s1. The van der Waals surface area contributed by atoms with Crippen LogP contribution in [0.25, 0.3) is 11.1 Å². The van der Waals surface area contributed by atoms with Crippen LogP contribution in [0.5, 0.6) is 0 Å². The fraction of sp³-hybridized carbons (Fsp3) is 0.632. The van der Waals surface area contributed by atoms with Gasteiger partial charge in [-0.1, -0.05) is 37.8 Å². The Morgan fingerprint density at radius 1 is 1.25 bits per heavy atom. The van der Waals surface area contributed by atoms with Crippen molar-refractivity contribution in [3.8, 4) is 0 Å². The molecule has 0 spiro atoms. The number of carbonyl (C=O) groups is 1. The zero-order chi connectivity index (χ0) is 16.5. The second-order valence-electron chi connectivity index (χ2n) is 7.20. The van der Waals surface area contributed by atoms with Gasteiger partial charge in [-0.3, -0.25) is 0 Å². The molecule has 2 aliphatic carbocycles. The van der Waals surface area contributed by atoms with Gasteiger partial charge in [0.15, 0.2) is 0 Å². The molecule has 0 saturated heterocycles. The number of esters is 1. The van der Waals surface area contributed by atoms with Crippen molar-refractivity contribution in [1.29, 1.82) is 0 Å². The molecule has 0 aliphatic heterocycles. The number of nitrogens with zero attached hydrogens (tertiary/aromatic N) is 2. The van der Waals surface area contributed by atoms with Crippen LogP contribution in [0.4, 0.5) is 0 Å². The normalized spacial score (nSPS) is 27.0. The monoisotopic (exact) mass is 328 g/mol. The molecule has 5 heteroatoms. The van der Waals surface area contributed by atoms with Crippen molar-refractivity contribution in [1.82, 2.24) is 10.1 Å². The van der Waals surface area contributed by atoms with Gasteiger partial charge in [-0.15, -0.1) is 0 Å². The van der Waals surface area contributed by atoms with E-state index in [1.54, 1.807) is 6.07 Å². The Kier molecular flexibility index (Phi) is 4.25. The van der Waals surface area contributed by atoms with Crippen LogP contribution >= 0.6 is 0 Å². The van der Waals surface area contributed by atoms with Crippen LogP contribution in [0.1, 0.15) is 67.9 Å². The SMILES string of the molecule is CCc1noc2ncc(C(=O)O[C@@H]3CC[C@H]4CCCC[C@@H]4C3)cc12. The highest BCUT2D eigenvalue weighted by Crippen LogP contribution is 2.41. The predicted molar refractivity (Wildman–Crippen MR) is 89.7 cm³/mol. The quantitative estimate of drug-likeness (QED) is 0.786. The van der Waals surface area contributed by atoms with Crippen LogP contribution in [-0.2, 0) is 11.2 Å². The van der Waals surface area contributed by atoms with Gasteiger partial charge >= 0.3 is 5.97 Å². The molecule has 0 aromatic carbocycles. The third kappa shape index (κ3) is 2.92. The van der Waals surface area contributed by atoms with Crippen LogP contribution in [-0.4, -0.2) is 22.2 Å². The molecule has 4 rings (SSSR count). The molecule has 2 heterocycles. The molecule has 0 unspecified atom stereocenters. The van der Waals surface area contributed by atoms with Gasteiger partial charge in [0.1, 0.15) is 6.10 Å². The largest absolute Gasteiger partial charge is 0.459 e. The number of rotatable bonds is 3. The highest BCUT2D eigenvalue weighted by molar-refractivity contribution is 5.93. The lowest BCUT2D eigenvalue weighted by molar-refractivity contribution is -0.000943. The Labute approximate surface area is 141 Å². The topological polar surface area (TPSA) is 65.2 Å². The summed E-state index contributed by atoms with van der Waals surface area (Å²) >= 11 is 0. The average molecular weight is 328 g/mol. The smallest absolute Gasteiger partial charge is 0.340 e. The van der Waals surface area contributed by atoms with E-state index < -0.39 is 0 Å². The minimum atomic E-state index is -0.271. The zero-order valence-electron chi connectivity index (χ0n) is 14.2. The van der Waals surface area contributed by atoms with Crippen molar-refractivity contribution in [3.63, 3.8) is 0 Å². The molecule has 24 heavy (non-hydrogen) atoms. The molecular formula is C19H24N2O3. The van der Waals surface area contributed by atoms with E-state index in [4.69, 9.17) is 9.26 Å².